The van der Waals surface area contributed by atoms with Crippen molar-refractivity contribution in [1.82, 2.24) is 15.1 Å². The number of rotatable bonds is 6. The molecule has 0 spiro atoms. The maximum absolute atomic E-state index is 5.38. The highest BCUT2D eigenvalue weighted by Crippen LogP contribution is 2.36. The van der Waals surface area contributed by atoms with E-state index in [0.29, 0.717) is 17.9 Å². The Balaban J connectivity index is 1.30. The molecule has 1 aliphatic heterocycles. The monoisotopic (exact) mass is 446 g/mol. The van der Waals surface area contributed by atoms with E-state index in [-0.39, 0.29) is 0 Å². The third-order valence-corrected chi connectivity index (χ3v) is 7.55. The molecule has 1 unspecified atom stereocenters. The second-order valence-corrected chi connectivity index (χ2v) is 9.44. The van der Waals surface area contributed by atoms with Gasteiger partial charge in [0.15, 0.2) is 0 Å². The van der Waals surface area contributed by atoms with Gasteiger partial charge in [0.2, 0.25) is 0 Å². The van der Waals surface area contributed by atoms with Crippen LogP contribution in [0.1, 0.15) is 55.7 Å². The van der Waals surface area contributed by atoms with Crippen LogP contribution in [0.3, 0.4) is 0 Å². The van der Waals surface area contributed by atoms with Crippen LogP contribution in [0.25, 0.3) is 10.8 Å². The normalized spacial score (nSPS) is 24.7. The van der Waals surface area contributed by atoms with Gasteiger partial charge in [-0.05, 0) is 80.1 Å². The summed E-state index contributed by atoms with van der Waals surface area (Å²) in [5.74, 6) is 1.90. The number of hydrogen-bond donors (Lipinski definition) is 1. The van der Waals surface area contributed by atoms with E-state index in [1.54, 1.807) is 14.2 Å². The Labute approximate surface area is 196 Å². The van der Waals surface area contributed by atoms with Gasteiger partial charge >= 0.3 is 0 Å². The highest BCUT2D eigenvalue weighted by Gasteiger charge is 2.32. The summed E-state index contributed by atoms with van der Waals surface area (Å²) in [6.45, 7) is 2.25. The van der Waals surface area contributed by atoms with Crippen molar-refractivity contribution < 1.29 is 9.57 Å². The number of fused-ring (bicyclic) bond motifs is 1. The Kier molecular flexibility index (Phi) is 6.63. The predicted molar refractivity (Wildman–Crippen MR) is 132 cm³/mol. The molecule has 5 rings (SSSR count). The van der Waals surface area contributed by atoms with E-state index < -0.39 is 0 Å². The number of hydrogen-bond acceptors (Lipinski definition) is 5. The molecule has 6 heteroatoms. The van der Waals surface area contributed by atoms with Crippen LogP contribution in [0.5, 0.6) is 5.75 Å². The van der Waals surface area contributed by atoms with Crippen molar-refractivity contribution in [2.24, 2.45) is 11.1 Å². The van der Waals surface area contributed by atoms with E-state index in [2.05, 4.69) is 56.7 Å². The number of methoxy groups -OCH3 is 1. The average molecular weight is 447 g/mol. The number of nitrogens with zero attached hydrogens (tertiary/aromatic N) is 3. The van der Waals surface area contributed by atoms with E-state index >= 15 is 0 Å². The largest absolute Gasteiger partial charge is 0.497 e. The zero-order valence-electron chi connectivity index (χ0n) is 19.7. The lowest BCUT2D eigenvalue weighted by Gasteiger charge is -2.41. The van der Waals surface area contributed by atoms with Crippen molar-refractivity contribution in [2.75, 3.05) is 27.3 Å². The van der Waals surface area contributed by atoms with Crippen molar-refractivity contribution in [1.29, 1.82) is 0 Å². The summed E-state index contributed by atoms with van der Waals surface area (Å²) in [7, 11) is 3.36. The van der Waals surface area contributed by atoms with Gasteiger partial charge in [-0.3, -0.25) is 10.00 Å². The number of benzene rings is 2. The second kappa shape index (κ2) is 9.96. The molecule has 1 N–H and O–H groups in total. The lowest BCUT2D eigenvalue weighted by molar-refractivity contribution is 0.109. The van der Waals surface area contributed by atoms with Crippen LogP contribution in [-0.4, -0.2) is 54.2 Å². The molecule has 1 saturated carbocycles. The minimum Gasteiger partial charge on any atom is -0.497 e. The number of piperidine rings is 1. The third-order valence-electron chi connectivity index (χ3n) is 7.55. The number of oxime groups is 1. The molecule has 0 bridgehead atoms. The van der Waals surface area contributed by atoms with Crippen molar-refractivity contribution in [2.45, 2.75) is 50.5 Å². The molecule has 0 radical (unpaired) electrons. The van der Waals surface area contributed by atoms with Crippen LogP contribution in [-0.2, 0) is 4.84 Å². The molecular weight excluding hydrogens is 412 g/mol. The summed E-state index contributed by atoms with van der Waals surface area (Å²) in [4.78, 5) is 8.05. The van der Waals surface area contributed by atoms with E-state index in [4.69, 9.17) is 9.57 Å². The summed E-state index contributed by atoms with van der Waals surface area (Å²) in [6, 6.07) is 15.6. The lowest BCUT2D eigenvalue weighted by atomic mass is 9.81. The maximum atomic E-state index is 5.38. The molecule has 0 amide bonds. The van der Waals surface area contributed by atoms with Crippen LogP contribution in [0.15, 0.2) is 53.8 Å². The van der Waals surface area contributed by atoms with E-state index in [1.165, 1.54) is 55.1 Å². The van der Waals surface area contributed by atoms with E-state index in [1.807, 2.05) is 12.3 Å². The SMILES string of the molecule is CO/N=C(/c1ccc2cc(OC)ccc2c1)C1CCCN(C2CCC(c3ccn[nH]3)CC2)C1. The quantitative estimate of drug-likeness (QED) is 0.409. The summed E-state index contributed by atoms with van der Waals surface area (Å²) < 4.78 is 5.38. The summed E-state index contributed by atoms with van der Waals surface area (Å²) in [5, 5.41) is 14.2. The molecule has 174 valence electrons. The number of nitrogens with one attached hydrogen (secondary N) is 1. The molecule has 2 heterocycles. The first-order valence-corrected chi connectivity index (χ1v) is 12.2. The van der Waals surface area contributed by atoms with Crippen LogP contribution >= 0.6 is 0 Å². The fourth-order valence-corrected chi connectivity index (χ4v) is 5.78. The molecule has 33 heavy (non-hydrogen) atoms. The van der Waals surface area contributed by atoms with Gasteiger partial charge in [-0.1, -0.05) is 23.4 Å². The second-order valence-electron chi connectivity index (χ2n) is 9.44. The highest BCUT2D eigenvalue weighted by atomic mass is 16.6. The highest BCUT2D eigenvalue weighted by molar-refractivity contribution is 6.04. The topological polar surface area (TPSA) is 62.7 Å². The number of ether oxygens (including phenoxy) is 1. The van der Waals surface area contributed by atoms with Gasteiger partial charge in [0, 0.05) is 41.9 Å². The smallest absolute Gasteiger partial charge is 0.119 e. The Morgan fingerprint density at radius 1 is 1.00 bits per heavy atom. The zero-order valence-corrected chi connectivity index (χ0v) is 19.7. The predicted octanol–water partition coefficient (Wildman–Crippen LogP) is 5.36. The van der Waals surface area contributed by atoms with Gasteiger partial charge in [0.1, 0.15) is 12.9 Å². The Bertz CT molecular complexity index is 1090. The third kappa shape index (κ3) is 4.76. The van der Waals surface area contributed by atoms with Crippen LogP contribution < -0.4 is 4.74 Å². The minimum absolute atomic E-state index is 0.389. The molecule has 1 atom stereocenters. The lowest BCUT2D eigenvalue weighted by Crippen LogP contribution is -2.46. The van der Waals surface area contributed by atoms with Crippen molar-refractivity contribution in [3.05, 3.63) is 59.9 Å². The van der Waals surface area contributed by atoms with Crippen molar-refractivity contribution in [3.8, 4) is 5.75 Å². The van der Waals surface area contributed by atoms with Crippen molar-refractivity contribution >= 4 is 16.5 Å². The molecule has 3 aromatic rings. The van der Waals surface area contributed by atoms with E-state index in [9.17, 15) is 0 Å². The van der Waals surface area contributed by atoms with Gasteiger partial charge in [-0.25, -0.2) is 0 Å². The first kappa shape index (κ1) is 22.0. The minimum atomic E-state index is 0.389. The number of likely N-dealkylation sites (tertiary alicyclic amines) is 1. The molecular formula is C27H34N4O2. The summed E-state index contributed by atoms with van der Waals surface area (Å²) >= 11 is 0. The summed E-state index contributed by atoms with van der Waals surface area (Å²) in [6.07, 6.45) is 9.22. The number of aromatic amines is 1. The van der Waals surface area contributed by atoms with Gasteiger partial charge in [-0.15, -0.1) is 0 Å². The molecule has 1 saturated heterocycles. The molecule has 6 nitrogen and oxygen atoms in total. The Morgan fingerprint density at radius 3 is 2.58 bits per heavy atom. The fourth-order valence-electron chi connectivity index (χ4n) is 5.78. The molecule has 2 fully saturated rings. The Morgan fingerprint density at radius 2 is 1.82 bits per heavy atom. The van der Waals surface area contributed by atoms with Crippen LogP contribution in [0.2, 0.25) is 0 Å². The van der Waals surface area contributed by atoms with E-state index in [0.717, 1.165) is 30.0 Å². The molecule has 2 aromatic carbocycles. The molecule has 1 aliphatic carbocycles. The van der Waals surface area contributed by atoms with Crippen LogP contribution in [0, 0.1) is 5.92 Å². The molecule has 2 aliphatic rings. The number of aromatic nitrogens is 2. The average Bonchev–Trinajstić information content (AvgIpc) is 3.42. The maximum Gasteiger partial charge on any atom is 0.119 e. The fraction of sp³-hybridized carbons (Fsp3) is 0.481. The Hall–Kier alpha value is -2.86. The van der Waals surface area contributed by atoms with Gasteiger partial charge in [0.25, 0.3) is 0 Å². The summed E-state index contributed by atoms with van der Waals surface area (Å²) in [5.41, 5.74) is 3.53. The standard InChI is InChI=1S/C27H34N4O2/c1-32-25-12-9-20-16-22(6-5-21(20)17-25)27(30-33-2)23-4-3-15-31(18-23)24-10-7-19(8-11-24)26-13-14-28-29-26/h5-6,9,12-14,16-17,19,23-24H,3-4,7-8,10-11,15,18H2,1-2H3,(H,28,29)/b30-27-. The number of H-pyrrole nitrogens is 1. The molecule has 1 aromatic heterocycles. The van der Waals surface area contributed by atoms with Gasteiger partial charge in [0.05, 0.1) is 12.8 Å². The zero-order chi connectivity index (χ0) is 22.6. The van der Waals surface area contributed by atoms with Gasteiger partial charge < -0.3 is 9.57 Å². The van der Waals surface area contributed by atoms with Crippen LogP contribution in [0.4, 0.5) is 0 Å². The van der Waals surface area contributed by atoms with Gasteiger partial charge in [-0.2, -0.15) is 5.10 Å². The first-order chi connectivity index (χ1) is 16.2. The first-order valence-electron chi connectivity index (χ1n) is 12.2. The van der Waals surface area contributed by atoms with Crippen molar-refractivity contribution in [3.63, 3.8) is 0 Å².